The minimum atomic E-state index is 0.671. The molecule has 0 saturated heterocycles. The Morgan fingerprint density at radius 1 is 1.14 bits per heavy atom. The van der Waals surface area contributed by atoms with Gasteiger partial charge in [0.15, 0.2) is 0 Å². The fraction of sp³-hybridized carbons (Fsp3) is 0.267. The number of hydrogen-bond donors (Lipinski definition) is 1. The second kappa shape index (κ2) is 6.60. The molecule has 108 valence electrons. The molecule has 0 atom stereocenters. The number of rotatable bonds is 6. The van der Waals surface area contributed by atoms with Gasteiger partial charge in [-0.15, -0.1) is 21.5 Å². The standard InChI is InChI=1S/C15H17N5S/c1-12-7-8-14(21-12)11-16-9-10-20-18-15(17-19-20)13-5-3-2-4-6-13/h2-8,16H,9-11H2,1H3. The molecule has 0 spiro atoms. The molecule has 0 unspecified atom stereocenters. The van der Waals surface area contributed by atoms with Gasteiger partial charge in [-0.1, -0.05) is 30.3 Å². The van der Waals surface area contributed by atoms with E-state index in [9.17, 15) is 0 Å². The second-order valence-electron chi connectivity index (χ2n) is 4.76. The van der Waals surface area contributed by atoms with Crippen LogP contribution in [0.15, 0.2) is 42.5 Å². The van der Waals surface area contributed by atoms with E-state index in [4.69, 9.17) is 0 Å². The van der Waals surface area contributed by atoms with Crippen LogP contribution in [0.3, 0.4) is 0 Å². The Balaban J connectivity index is 1.49. The minimum Gasteiger partial charge on any atom is -0.310 e. The fourth-order valence-corrected chi connectivity index (χ4v) is 2.87. The molecule has 0 aliphatic heterocycles. The smallest absolute Gasteiger partial charge is 0.204 e. The quantitative estimate of drug-likeness (QED) is 0.711. The lowest BCUT2D eigenvalue weighted by molar-refractivity contribution is 0.492. The highest BCUT2D eigenvalue weighted by Crippen LogP contribution is 2.14. The van der Waals surface area contributed by atoms with Crippen LogP contribution in [-0.4, -0.2) is 26.8 Å². The van der Waals surface area contributed by atoms with E-state index in [1.807, 2.05) is 41.7 Å². The van der Waals surface area contributed by atoms with Crippen LogP contribution in [0.5, 0.6) is 0 Å². The SMILES string of the molecule is Cc1ccc(CNCCn2nnc(-c3ccccc3)n2)s1. The summed E-state index contributed by atoms with van der Waals surface area (Å²) in [6.45, 7) is 4.54. The number of aromatic nitrogens is 4. The molecule has 2 aromatic heterocycles. The van der Waals surface area contributed by atoms with Gasteiger partial charge in [-0.05, 0) is 24.3 Å². The third-order valence-electron chi connectivity index (χ3n) is 3.07. The summed E-state index contributed by atoms with van der Waals surface area (Å²) in [7, 11) is 0. The summed E-state index contributed by atoms with van der Waals surface area (Å²) in [6, 6.07) is 14.2. The van der Waals surface area contributed by atoms with Crippen molar-refractivity contribution in [3.05, 3.63) is 52.2 Å². The number of aryl methyl sites for hydroxylation is 1. The van der Waals surface area contributed by atoms with Crippen molar-refractivity contribution in [3.63, 3.8) is 0 Å². The van der Waals surface area contributed by atoms with E-state index in [-0.39, 0.29) is 0 Å². The highest BCUT2D eigenvalue weighted by molar-refractivity contribution is 7.11. The van der Waals surface area contributed by atoms with Crippen LogP contribution in [0.1, 0.15) is 9.75 Å². The highest BCUT2D eigenvalue weighted by Gasteiger charge is 2.04. The number of benzene rings is 1. The lowest BCUT2D eigenvalue weighted by Gasteiger charge is -2.01. The summed E-state index contributed by atoms with van der Waals surface area (Å²) in [6.07, 6.45) is 0. The Bertz CT molecular complexity index is 689. The molecule has 0 radical (unpaired) electrons. The van der Waals surface area contributed by atoms with Crippen molar-refractivity contribution in [1.82, 2.24) is 25.5 Å². The third-order valence-corrected chi connectivity index (χ3v) is 4.07. The predicted molar refractivity (Wildman–Crippen MR) is 84.0 cm³/mol. The number of nitrogens with zero attached hydrogens (tertiary/aromatic N) is 4. The first-order valence-corrected chi connectivity index (χ1v) is 7.72. The van der Waals surface area contributed by atoms with Gasteiger partial charge < -0.3 is 5.32 Å². The zero-order valence-electron chi connectivity index (χ0n) is 11.9. The Morgan fingerprint density at radius 3 is 2.76 bits per heavy atom. The third kappa shape index (κ3) is 3.74. The van der Waals surface area contributed by atoms with Gasteiger partial charge in [0.2, 0.25) is 5.82 Å². The molecule has 1 N–H and O–H groups in total. The van der Waals surface area contributed by atoms with E-state index >= 15 is 0 Å². The number of tetrazole rings is 1. The summed E-state index contributed by atoms with van der Waals surface area (Å²) in [5.41, 5.74) is 0.991. The van der Waals surface area contributed by atoms with Gasteiger partial charge in [-0.2, -0.15) is 4.80 Å². The van der Waals surface area contributed by atoms with Crippen molar-refractivity contribution < 1.29 is 0 Å². The molecule has 3 aromatic rings. The Hall–Kier alpha value is -2.05. The highest BCUT2D eigenvalue weighted by atomic mass is 32.1. The lowest BCUT2D eigenvalue weighted by atomic mass is 10.2. The van der Waals surface area contributed by atoms with Crippen molar-refractivity contribution >= 4 is 11.3 Å². The summed E-state index contributed by atoms with van der Waals surface area (Å²) < 4.78 is 0. The van der Waals surface area contributed by atoms with Crippen molar-refractivity contribution in [2.45, 2.75) is 20.0 Å². The Morgan fingerprint density at radius 2 is 2.00 bits per heavy atom. The number of thiophene rings is 1. The first-order chi connectivity index (χ1) is 10.3. The molecular formula is C15H17N5S. The van der Waals surface area contributed by atoms with E-state index in [1.165, 1.54) is 9.75 Å². The predicted octanol–water partition coefficient (Wildman–Crippen LogP) is 2.50. The zero-order chi connectivity index (χ0) is 14.5. The maximum absolute atomic E-state index is 4.39. The minimum absolute atomic E-state index is 0.671. The molecule has 21 heavy (non-hydrogen) atoms. The number of nitrogens with one attached hydrogen (secondary N) is 1. The van der Waals surface area contributed by atoms with Gasteiger partial charge in [0, 0.05) is 28.4 Å². The van der Waals surface area contributed by atoms with E-state index in [0.29, 0.717) is 12.4 Å². The molecule has 3 rings (SSSR count). The van der Waals surface area contributed by atoms with Crippen LogP contribution in [0.2, 0.25) is 0 Å². The average Bonchev–Trinajstić information content (AvgIpc) is 3.14. The van der Waals surface area contributed by atoms with E-state index in [0.717, 1.165) is 18.7 Å². The van der Waals surface area contributed by atoms with Crippen LogP contribution in [0.4, 0.5) is 0 Å². The van der Waals surface area contributed by atoms with Crippen LogP contribution >= 0.6 is 11.3 Å². The molecule has 0 fully saturated rings. The molecule has 2 heterocycles. The maximum atomic E-state index is 4.39. The molecule has 0 aliphatic rings. The fourth-order valence-electron chi connectivity index (χ4n) is 2.01. The van der Waals surface area contributed by atoms with E-state index < -0.39 is 0 Å². The van der Waals surface area contributed by atoms with Gasteiger partial charge >= 0.3 is 0 Å². The summed E-state index contributed by atoms with van der Waals surface area (Å²) >= 11 is 1.82. The van der Waals surface area contributed by atoms with Crippen LogP contribution in [0.25, 0.3) is 11.4 Å². The average molecular weight is 299 g/mol. The summed E-state index contributed by atoms with van der Waals surface area (Å²) in [5, 5.41) is 15.9. The topological polar surface area (TPSA) is 55.6 Å². The van der Waals surface area contributed by atoms with E-state index in [1.54, 1.807) is 4.80 Å². The Kier molecular flexibility index (Phi) is 4.37. The zero-order valence-corrected chi connectivity index (χ0v) is 12.7. The van der Waals surface area contributed by atoms with Crippen molar-refractivity contribution in [2.24, 2.45) is 0 Å². The van der Waals surface area contributed by atoms with E-state index in [2.05, 4.69) is 39.8 Å². The lowest BCUT2D eigenvalue weighted by Crippen LogP contribution is -2.20. The molecule has 5 nitrogen and oxygen atoms in total. The molecular weight excluding hydrogens is 282 g/mol. The van der Waals surface area contributed by atoms with Crippen molar-refractivity contribution in [2.75, 3.05) is 6.54 Å². The number of hydrogen-bond acceptors (Lipinski definition) is 5. The van der Waals surface area contributed by atoms with Crippen LogP contribution in [-0.2, 0) is 13.1 Å². The molecule has 0 bridgehead atoms. The largest absolute Gasteiger partial charge is 0.310 e. The van der Waals surface area contributed by atoms with Gasteiger partial charge in [0.05, 0.1) is 6.54 Å². The summed E-state index contributed by atoms with van der Waals surface area (Å²) in [4.78, 5) is 4.33. The first kappa shape index (κ1) is 13.9. The Labute approximate surface area is 127 Å². The monoisotopic (exact) mass is 299 g/mol. The molecule has 1 aromatic carbocycles. The molecule has 0 saturated carbocycles. The maximum Gasteiger partial charge on any atom is 0.204 e. The van der Waals surface area contributed by atoms with Gasteiger partial charge in [0.25, 0.3) is 0 Å². The van der Waals surface area contributed by atoms with Crippen LogP contribution < -0.4 is 5.32 Å². The van der Waals surface area contributed by atoms with Crippen molar-refractivity contribution in [1.29, 1.82) is 0 Å². The second-order valence-corrected chi connectivity index (χ2v) is 6.14. The van der Waals surface area contributed by atoms with Gasteiger partial charge in [0.1, 0.15) is 0 Å². The van der Waals surface area contributed by atoms with Crippen LogP contribution in [0, 0.1) is 6.92 Å². The molecule has 6 heteroatoms. The van der Waals surface area contributed by atoms with Gasteiger partial charge in [-0.25, -0.2) is 0 Å². The summed E-state index contributed by atoms with van der Waals surface area (Å²) in [5.74, 6) is 0.671. The molecule has 0 aliphatic carbocycles. The van der Waals surface area contributed by atoms with Gasteiger partial charge in [-0.3, -0.25) is 0 Å². The normalized spacial score (nSPS) is 10.9. The first-order valence-electron chi connectivity index (χ1n) is 6.90. The van der Waals surface area contributed by atoms with Crippen molar-refractivity contribution in [3.8, 4) is 11.4 Å². The molecule has 0 amide bonds.